The van der Waals surface area contributed by atoms with E-state index in [1.165, 1.54) is 12.1 Å². The Morgan fingerprint density at radius 1 is 1.07 bits per heavy atom. The zero-order valence-electron chi connectivity index (χ0n) is 16.8. The number of benzene rings is 2. The van der Waals surface area contributed by atoms with Gasteiger partial charge in [-0.05, 0) is 49.2 Å². The Kier molecular flexibility index (Phi) is 5.65. The molecule has 0 atom stereocenters. The van der Waals surface area contributed by atoms with Crippen molar-refractivity contribution < 1.29 is 23.2 Å². The van der Waals surface area contributed by atoms with Crippen LogP contribution in [0.5, 0.6) is 11.5 Å². The highest BCUT2D eigenvalue weighted by atomic mass is 19.1. The molecule has 7 nitrogen and oxygen atoms in total. The summed E-state index contributed by atoms with van der Waals surface area (Å²) in [4.78, 5) is 19.2. The third kappa shape index (κ3) is 4.12. The number of amides is 1. The van der Waals surface area contributed by atoms with Crippen LogP contribution in [0.2, 0.25) is 0 Å². The molecule has 1 amide bonds. The summed E-state index contributed by atoms with van der Waals surface area (Å²) in [6, 6.07) is 11.1. The lowest BCUT2D eigenvalue weighted by Crippen LogP contribution is -2.38. The summed E-state index contributed by atoms with van der Waals surface area (Å²) in [7, 11) is 3.11. The van der Waals surface area contributed by atoms with E-state index in [1.807, 2.05) is 4.90 Å². The lowest BCUT2D eigenvalue weighted by Gasteiger charge is -2.30. The van der Waals surface area contributed by atoms with E-state index in [-0.39, 0.29) is 17.6 Å². The Bertz CT molecular complexity index is 1000. The molecule has 8 heteroatoms. The molecule has 156 valence electrons. The maximum atomic E-state index is 13.1. The van der Waals surface area contributed by atoms with Crippen LogP contribution in [0.15, 0.2) is 47.0 Å². The lowest BCUT2D eigenvalue weighted by atomic mass is 9.96. The van der Waals surface area contributed by atoms with Gasteiger partial charge >= 0.3 is 0 Å². The van der Waals surface area contributed by atoms with Gasteiger partial charge in [-0.25, -0.2) is 4.39 Å². The number of nitrogens with zero attached hydrogens (tertiary/aromatic N) is 3. The quantitative estimate of drug-likeness (QED) is 0.633. The van der Waals surface area contributed by atoms with Crippen molar-refractivity contribution in [3.63, 3.8) is 0 Å². The Morgan fingerprint density at radius 2 is 1.70 bits per heavy atom. The van der Waals surface area contributed by atoms with Crippen LogP contribution >= 0.6 is 0 Å². The molecule has 0 unspecified atom stereocenters. The van der Waals surface area contributed by atoms with Gasteiger partial charge in [0, 0.05) is 36.2 Å². The third-order valence-electron chi connectivity index (χ3n) is 5.27. The van der Waals surface area contributed by atoms with Crippen molar-refractivity contribution in [2.24, 2.45) is 0 Å². The van der Waals surface area contributed by atoms with E-state index in [0.29, 0.717) is 47.4 Å². The largest absolute Gasteiger partial charge is 0.497 e. The van der Waals surface area contributed by atoms with E-state index >= 15 is 0 Å². The molecule has 0 spiro atoms. The first-order valence-electron chi connectivity index (χ1n) is 9.69. The normalized spacial score (nSPS) is 14.6. The molecule has 1 aliphatic heterocycles. The third-order valence-corrected chi connectivity index (χ3v) is 5.27. The Labute approximate surface area is 173 Å². The van der Waals surface area contributed by atoms with E-state index in [0.717, 1.165) is 12.8 Å². The van der Waals surface area contributed by atoms with E-state index in [2.05, 4.69) is 10.1 Å². The van der Waals surface area contributed by atoms with Crippen molar-refractivity contribution in [2.45, 2.75) is 18.8 Å². The predicted octanol–water partition coefficient (Wildman–Crippen LogP) is 3.91. The number of hydrogen-bond acceptors (Lipinski definition) is 6. The average molecular weight is 411 g/mol. The van der Waals surface area contributed by atoms with Crippen molar-refractivity contribution in [1.29, 1.82) is 0 Å². The van der Waals surface area contributed by atoms with Gasteiger partial charge in [-0.1, -0.05) is 5.16 Å². The molecule has 30 heavy (non-hydrogen) atoms. The van der Waals surface area contributed by atoms with Gasteiger partial charge in [0.15, 0.2) is 0 Å². The Morgan fingerprint density at radius 3 is 2.30 bits per heavy atom. The van der Waals surface area contributed by atoms with Gasteiger partial charge in [0.2, 0.25) is 11.7 Å². The lowest BCUT2D eigenvalue weighted by molar-refractivity contribution is 0.0703. The summed E-state index contributed by atoms with van der Waals surface area (Å²) in [5.41, 5.74) is 1.23. The van der Waals surface area contributed by atoms with Gasteiger partial charge in [0.25, 0.3) is 5.91 Å². The molecule has 2 heterocycles. The summed E-state index contributed by atoms with van der Waals surface area (Å²) < 4.78 is 29.0. The van der Waals surface area contributed by atoms with Crippen LogP contribution in [0.1, 0.15) is 35.0 Å². The van der Waals surface area contributed by atoms with Gasteiger partial charge < -0.3 is 18.9 Å². The molecule has 1 aromatic heterocycles. The SMILES string of the molecule is COc1cc(OC)cc(C(=O)N2CCC(c3nc(-c4ccc(F)cc4)no3)CC2)c1. The Hall–Kier alpha value is -3.42. The average Bonchev–Trinajstić information content (AvgIpc) is 3.29. The second-order valence-corrected chi connectivity index (χ2v) is 7.13. The summed E-state index contributed by atoms with van der Waals surface area (Å²) in [5.74, 6) is 1.84. The fraction of sp³-hybridized carbons (Fsp3) is 0.318. The van der Waals surface area contributed by atoms with Crippen molar-refractivity contribution >= 4 is 5.91 Å². The molecule has 0 aliphatic carbocycles. The molecule has 0 bridgehead atoms. The molecule has 0 saturated carbocycles. The number of halogens is 1. The number of ether oxygens (including phenoxy) is 2. The van der Waals surface area contributed by atoms with E-state index in [9.17, 15) is 9.18 Å². The first-order chi connectivity index (χ1) is 14.6. The fourth-order valence-electron chi connectivity index (χ4n) is 3.56. The van der Waals surface area contributed by atoms with Crippen molar-refractivity contribution in [3.05, 3.63) is 59.7 Å². The van der Waals surface area contributed by atoms with Crippen LogP contribution in [0.4, 0.5) is 4.39 Å². The molecule has 2 aromatic carbocycles. The number of hydrogen-bond donors (Lipinski definition) is 0. The van der Waals surface area contributed by atoms with Crippen LogP contribution in [0, 0.1) is 5.82 Å². The minimum Gasteiger partial charge on any atom is -0.497 e. The van der Waals surface area contributed by atoms with Crippen LogP contribution in [-0.4, -0.2) is 48.3 Å². The smallest absolute Gasteiger partial charge is 0.254 e. The van der Waals surface area contributed by atoms with Crippen LogP contribution in [0.25, 0.3) is 11.4 Å². The molecule has 0 N–H and O–H groups in total. The van der Waals surface area contributed by atoms with Gasteiger partial charge in [-0.15, -0.1) is 0 Å². The zero-order valence-corrected chi connectivity index (χ0v) is 16.8. The minimum absolute atomic E-state index is 0.0665. The molecule has 1 aliphatic rings. The molecular formula is C22H22FN3O4. The van der Waals surface area contributed by atoms with Crippen molar-refractivity contribution in [3.8, 4) is 22.9 Å². The van der Waals surface area contributed by atoms with Crippen molar-refractivity contribution in [1.82, 2.24) is 15.0 Å². The summed E-state index contributed by atoms with van der Waals surface area (Å²) in [6.45, 7) is 1.16. The number of likely N-dealkylation sites (tertiary alicyclic amines) is 1. The van der Waals surface area contributed by atoms with Crippen LogP contribution in [0.3, 0.4) is 0 Å². The highest BCUT2D eigenvalue weighted by molar-refractivity contribution is 5.95. The predicted molar refractivity (Wildman–Crippen MR) is 107 cm³/mol. The topological polar surface area (TPSA) is 77.7 Å². The van der Waals surface area contributed by atoms with Gasteiger partial charge in [0.05, 0.1) is 14.2 Å². The molecular weight excluding hydrogens is 389 g/mol. The summed E-state index contributed by atoms with van der Waals surface area (Å²) >= 11 is 0. The number of piperidine rings is 1. The number of aromatic nitrogens is 2. The monoisotopic (exact) mass is 411 g/mol. The van der Waals surface area contributed by atoms with Crippen molar-refractivity contribution in [2.75, 3.05) is 27.3 Å². The second-order valence-electron chi connectivity index (χ2n) is 7.13. The van der Waals surface area contributed by atoms with Gasteiger partial charge in [0.1, 0.15) is 17.3 Å². The van der Waals surface area contributed by atoms with Crippen LogP contribution < -0.4 is 9.47 Å². The summed E-state index contributed by atoms with van der Waals surface area (Å²) in [5, 5.41) is 4.01. The van der Waals surface area contributed by atoms with Gasteiger partial charge in [-0.3, -0.25) is 4.79 Å². The molecule has 1 saturated heterocycles. The van der Waals surface area contributed by atoms with E-state index in [1.54, 1.807) is 44.6 Å². The Balaban J connectivity index is 1.42. The first-order valence-corrected chi connectivity index (χ1v) is 9.69. The summed E-state index contributed by atoms with van der Waals surface area (Å²) in [6.07, 6.45) is 1.44. The maximum Gasteiger partial charge on any atom is 0.254 e. The zero-order chi connectivity index (χ0) is 21.1. The molecule has 3 aromatic rings. The van der Waals surface area contributed by atoms with Gasteiger partial charge in [-0.2, -0.15) is 4.98 Å². The molecule has 0 radical (unpaired) electrons. The first kappa shape index (κ1) is 19.9. The highest BCUT2D eigenvalue weighted by Crippen LogP contribution is 2.30. The van der Waals surface area contributed by atoms with Crippen LogP contribution in [-0.2, 0) is 0 Å². The molecule has 4 rings (SSSR count). The number of carbonyl (C=O) groups is 1. The minimum atomic E-state index is -0.312. The second kappa shape index (κ2) is 8.52. The fourth-order valence-corrected chi connectivity index (χ4v) is 3.56. The standard InChI is InChI=1S/C22H22FN3O4/c1-28-18-11-16(12-19(13-18)29-2)22(27)26-9-7-15(8-10-26)21-24-20(25-30-21)14-3-5-17(23)6-4-14/h3-6,11-13,15H,7-10H2,1-2H3. The van der Waals surface area contributed by atoms with E-state index in [4.69, 9.17) is 14.0 Å². The number of rotatable bonds is 5. The maximum absolute atomic E-state index is 13.1. The van der Waals surface area contributed by atoms with E-state index < -0.39 is 0 Å². The number of methoxy groups -OCH3 is 2. The number of carbonyl (C=O) groups excluding carboxylic acids is 1. The highest BCUT2D eigenvalue weighted by Gasteiger charge is 2.28. The molecule has 1 fully saturated rings.